The summed E-state index contributed by atoms with van der Waals surface area (Å²) in [5, 5.41) is 17.2. The Morgan fingerprint density at radius 1 is 0.917 bits per heavy atom. The number of aromatic nitrogens is 2. The van der Waals surface area contributed by atoms with E-state index >= 15 is 0 Å². The van der Waals surface area contributed by atoms with Gasteiger partial charge in [0.25, 0.3) is 5.91 Å². The molecule has 2 heterocycles. The van der Waals surface area contributed by atoms with E-state index in [4.69, 9.17) is 0 Å². The number of nitrogens with zero attached hydrogens (tertiary/aromatic N) is 3. The number of aliphatic hydroxyl groups is 1. The molecule has 5 rings (SSSR count). The van der Waals surface area contributed by atoms with Gasteiger partial charge in [-0.05, 0) is 16.7 Å². The van der Waals surface area contributed by atoms with Crippen LogP contribution in [0.15, 0.2) is 91.0 Å². The van der Waals surface area contributed by atoms with Crippen molar-refractivity contribution in [2.45, 2.75) is 32.0 Å². The Hall–Kier alpha value is -3.74. The summed E-state index contributed by atoms with van der Waals surface area (Å²) in [6.45, 7) is 3.23. The summed E-state index contributed by atoms with van der Waals surface area (Å²) >= 11 is 0. The van der Waals surface area contributed by atoms with Crippen molar-refractivity contribution in [2.75, 3.05) is 19.7 Å². The fourth-order valence-corrected chi connectivity index (χ4v) is 5.06. The van der Waals surface area contributed by atoms with Crippen molar-refractivity contribution in [1.29, 1.82) is 0 Å². The molecule has 184 valence electrons. The number of amides is 1. The quantitative estimate of drug-likeness (QED) is 0.380. The highest BCUT2D eigenvalue weighted by molar-refractivity contribution is 5.94. The molecule has 1 aliphatic heterocycles. The zero-order valence-electron chi connectivity index (χ0n) is 20.4. The van der Waals surface area contributed by atoms with Gasteiger partial charge in [-0.15, -0.1) is 0 Å². The molecular formula is C30H32N4O2. The second-order valence-electron chi connectivity index (χ2n) is 9.25. The SMILES string of the molecule is O=C(NCc1ccccc1)c1nn(CCO)c2c1CN(CC(c1ccccc1)c1ccccc1)CC2. The monoisotopic (exact) mass is 480 g/mol. The van der Waals surface area contributed by atoms with E-state index in [-0.39, 0.29) is 18.4 Å². The van der Waals surface area contributed by atoms with Gasteiger partial charge < -0.3 is 10.4 Å². The number of carbonyl (C=O) groups is 1. The van der Waals surface area contributed by atoms with E-state index in [1.807, 2.05) is 35.0 Å². The minimum Gasteiger partial charge on any atom is -0.394 e. The van der Waals surface area contributed by atoms with Gasteiger partial charge in [0, 0.05) is 49.8 Å². The third-order valence-corrected chi connectivity index (χ3v) is 6.88. The lowest BCUT2D eigenvalue weighted by Crippen LogP contribution is -2.35. The first-order valence-electron chi connectivity index (χ1n) is 12.6. The lowest BCUT2D eigenvalue weighted by molar-refractivity contribution is 0.0942. The third-order valence-electron chi connectivity index (χ3n) is 6.88. The molecule has 1 aliphatic rings. The van der Waals surface area contributed by atoms with Crippen LogP contribution in [0, 0.1) is 0 Å². The maximum absolute atomic E-state index is 13.2. The number of nitrogens with one attached hydrogen (secondary N) is 1. The summed E-state index contributed by atoms with van der Waals surface area (Å²) in [4.78, 5) is 15.6. The average Bonchev–Trinajstić information content (AvgIpc) is 3.30. The molecule has 1 amide bonds. The first kappa shape index (κ1) is 24.0. The second kappa shape index (κ2) is 11.3. The molecule has 0 saturated heterocycles. The van der Waals surface area contributed by atoms with Gasteiger partial charge in [0.1, 0.15) is 0 Å². The van der Waals surface area contributed by atoms with Crippen LogP contribution in [0.5, 0.6) is 0 Å². The van der Waals surface area contributed by atoms with Gasteiger partial charge in [-0.2, -0.15) is 5.10 Å². The zero-order chi connectivity index (χ0) is 24.7. The fraction of sp³-hybridized carbons (Fsp3) is 0.267. The molecule has 1 aromatic heterocycles. The van der Waals surface area contributed by atoms with Gasteiger partial charge in [0.05, 0.1) is 13.2 Å². The van der Waals surface area contributed by atoms with Crippen molar-refractivity contribution >= 4 is 5.91 Å². The lowest BCUT2D eigenvalue weighted by Gasteiger charge is -2.31. The molecule has 0 radical (unpaired) electrons. The average molecular weight is 481 g/mol. The van der Waals surface area contributed by atoms with Crippen molar-refractivity contribution < 1.29 is 9.90 Å². The molecule has 0 bridgehead atoms. The van der Waals surface area contributed by atoms with E-state index in [1.54, 1.807) is 0 Å². The molecule has 2 N–H and O–H groups in total. The van der Waals surface area contributed by atoms with E-state index in [1.165, 1.54) is 11.1 Å². The minimum atomic E-state index is -0.170. The normalized spacial score (nSPS) is 13.5. The van der Waals surface area contributed by atoms with Crippen LogP contribution in [0.25, 0.3) is 0 Å². The third kappa shape index (κ3) is 5.40. The number of carbonyl (C=O) groups excluding carboxylic acids is 1. The molecule has 0 atom stereocenters. The van der Waals surface area contributed by atoms with Crippen LogP contribution in [0.3, 0.4) is 0 Å². The van der Waals surface area contributed by atoms with Crippen molar-refractivity contribution in [3.05, 3.63) is 125 Å². The van der Waals surface area contributed by atoms with E-state index < -0.39 is 0 Å². The van der Waals surface area contributed by atoms with Crippen LogP contribution in [-0.2, 0) is 26.1 Å². The predicted molar refractivity (Wildman–Crippen MR) is 141 cm³/mol. The Morgan fingerprint density at radius 3 is 2.14 bits per heavy atom. The van der Waals surface area contributed by atoms with Gasteiger partial charge in [0.2, 0.25) is 0 Å². The highest BCUT2D eigenvalue weighted by Gasteiger charge is 2.29. The van der Waals surface area contributed by atoms with E-state index in [0.29, 0.717) is 25.3 Å². The van der Waals surface area contributed by atoms with Crippen molar-refractivity contribution in [3.8, 4) is 0 Å². The van der Waals surface area contributed by atoms with Crippen LogP contribution in [0.2, 0.25) is 0 Å². The highest BCUT2D eigenvalue weighted by Crippen LogP contribution is 2.29. The molecule has 0 unspecified atom stereocenters. The van der Waals surface area contributed by atoms with Crippen LogP contribution < -0.4 is 5.32 Å². The standard InChI is InChI=1S/C30H32N4O2/c35-19-18-34-28-16-17-33(21-26(24-12-6-2-7-13-24)25-14-8-3-9-15-25)22-27(28)29(32-34)30(36)31-20-23-10-4-1-5-11-23/h1-15,26,35H,16-22H2,(H,31,36). The molecule has 36 heavy (non-hydrogen) atoms. The lowest BCUT2D eigenvalue weighted by atomic mass is 9.90. The molecule has 6 heteroatoms. The minimum absolute atomic E-state index is 0.00695. The van der Waals surface area contributed by atoms with Crippen LogP contribution in [0.4, 0.5) is 0 Å². The van der Waals surface area contributed by atoms with Crippen LogP contribution in [-0.4, -0.2) is 45.4 Å². The zero-order valence-corrected chi connectivity index (χ0v) is 20.4. The van der Waals surface area contributed by atoms with E-state index in [9.17, 15) is 9.90 Å². The van der Waals surface area contributed by atoms with E-state index in [2.05, 4.69) is 76.0 Å². The predicted octanol–water partition coefficient (Wildman–Crippen LogP) is 4.00. The summed E-state index contributed by atoms with van der Waals surface area (Å²) in [6, 6.07) is 31.1. The number of hydrogen-bond donors (Lipinski definition) is 2. The highest BCUT2D eigenvalue weighted by atomic mass is 16.3. The molecule has 0 spiro atoms. The number of hydrogen-bond acceptors (Lipinski definition) is 4. The first-order chi connectivity index (χ1) is 17.7. The summed E-state index contributed by atoms with van der Waals surface area (Å²) < 4.78 is 1.82. The van der Waals surface area contributed by atoms with Gasteiger partial charge in [-0.1, -0.05) is 91.0 Å². The maximum Gasteiger partial charge on any atom is 0.272 e. The largest absolute Gasteiger partial charge is 0.394 e. The smallest absolute Gasteiger partial charge is 0.272 e. The Kier molecular flexibility index (Phi) is 7.55. The summed E-state index contributed by atoms with van der Waals surface area (Å²) in [5.41, 5.74) is 6.11. The van der Waals surface area contributed by atoms with Gasteiger partial charge in [-0.25, -0.2) is 0 Å². The van der Waals surface area contributed by atoms with Crippen molar-refractivity contribution in [2.24, 2.45) is 0 Å². The summed E-state index contributed by atoms with van der Waals surface area (Å²) in [7, 11) is 0. The van der Waals surface area contributed by atoms with E-state index in [0.717, 1.165) is 36.3 Å². The van der Waals surface area contributed by atoms with Gasteiger partial charge in [-0.3, -0.25) is 14.4 Å². The molecule has 0 fully saturated rings. The molecule has 3 aromatic carbocycles. The molecule has 0 aliphatic carbocycles. The van der Waals surface area contributed by atoms with Crippen LogP contribution >= 0.6 is 0 Å². The summed E-state index contributed by atoms with van der Waals surface area (Å²) in [5.74, 6) is 0.0631. The van der Waals surface area contributed by atoms with Crippen molar-refractivity contribution in [1.82, 2.24) is 20.0 Å². The first-order valence-corrected chi connectivity index (χ1v) is 12.6. The maximum atomic E-state index is 13.2. The number of aliphatic hydroxyl groups excluding tert-OH is 1. The van der Waals surface area contributed by atoms with Gasteiger partial charge >= 0.3 is 0 Å². The molecule has 6 nitrogen and oxygen atoms in total. The number of rotatable bonds is 9. The molecular weight excluding hydrogens is 448 g/mol. The Labute approximate surface area is 212 Å². The topological polar surface area (TPSA) is 70.4 Å². The Morgan fingerprint density at radius 2 is 1.53 bits per heavy atom. The second-order valence-corrected chi connectivity index (χ2v) is 9.25. The molecule has 0 saturated carbocycles. The van der Waals surface area contributed by atoms with Gasteiger partial charge in [0.15, 0.2) is 5.69 Å². The molecule has 4 aromatic rings. The van der Waals surface area contributed by atoms with Crippen LogP contribution in [0.1, 0.15) is 44.4 Å². The fourth-order valence-electron chi connectivity index (χ4n) is 5.06. The Balaban J connectivity index is 1.38. The number of benzene rings is 3. The van der Waals surface area contributed by atoms with Crippen molar-refractivity contribution in [3.63, 3.8) is 0 Å². The summed E-state index contributed by atoms with van der Waals surface area (Å²) in [6.07, 6.45) is 0.796. The Bertz CT molecular complexity index is 1230. The number of fused-ring (bicyclic) bond motifs is 1.